The van der Waals surface area contributed by atoms with Crippen LogP contribution >= 0.6 is 0 Å². The van der Waals surface area contributed by atoms with E-state index in [1.807, 2.05) is 37.3 Å². The molecule has 1 N–H and O–H groups in total. The fourth-order valence-corrected chi connectivity index (χ4v) is 4.19. The highest BCUT2D eigenvalue weighted by molar-refractivity contribution is 6.46. The highest BCUT2D eigenvalue weighted by Crippen LogP contribution is 2.40. The van der Waals surface area contributed by atoms with Gasteiger partial charge in [-0.15, -0.1) is 0 Å². The number of benzene rings is 3. The number of hydrogen-bond acceptors (Lipinski definition) is 6. The monoisotopic (exact) mass is 487 g/mol. The van der Waals surface area contributed by atoms with Crippen molar-refractivity contribution in [2.24, 2.45) is 0 Å². The molecule has 1 atom stereocenters. The number of aliphatic hydroxyl groups is 1. The van der Waals surface area contributed by atoms with Gasteiger partial charge in [0.15, 0.2) is 0 Å². The first kappa shape index (κ1) is 25.0. The van der Waals surface area contributed by atoms with E-state index in [1.165, 1.54) is 12.0 Å². The molecule has 1 aliphatic rings. The average molecular weight is 488 g/mol. The molecule has 0 aromatic heterocycles. The zero-order valence-corrected chi connectivity index (χ0v) is 20.3. The molecule has 4 rings (SSSR count). The number of methoxy groups -OCH3 is 1. The Morgan fingerprint density at radius 1 is 0.917 bits per heavy atom. The molecule has 1 unspecified atom stereocenters. The van der Waals surface area contributed by atoms with Gasteiger partial charge in [-0.1, -0.05) is 54.6 Å². The van der Waals surface area contributed by atoms with Crippen molar-refractivity contribution in [3.63, 3.8) is 0 Å². The highest BCUT2D eigenvalue weighted by Gasteiger charge is 2.45. The molecule has 1 fully saturated rings. The predicted molar refractivity (Wildman–Crippen MR) is 136 cm³/mol. The largest absolute Gasteiger partial charge is 0.507 e. The molecular formula is C29H29NO6. The summed E-state index contributed by atoms with van der Waals surface area (Å²) in [5.74, 6) is -0.444. The number of ether oxygens (including phenoxy) is 3. The molecule has 1 aliphatic heterocycles. The number of Topliss-reactive ketones (excluding diaryl/α,β-unsaturated/α-hetero) is 1. The summed E-state index contributed by atoms with van der Waals surface area (Å²) in [6, 6.07) is 23.1. The van der Waals surface area contributed by atoms with Gasteiger partial charge < -0.3 is 24.2 Å². The Balaban J connectivity index is 1.68. The minimum absolute atomic E-state index is 0.0303. The molecular weight excluding hydrogens is 458 g/mol. The Morgan fingerprint density at radius 3 is 2.36 bits per heavy atom. The normalized spacial score (nSPS) is 16.8. The van der Waals surface area contributed by atoms with Crippen LogP contribution in [0.4, 0.5) is 0 Å². The summed E-state index contributed by atoms with van der Waals surface area (Å²) in [5.41, 5.74) is 2.16. The van der Waals surface area contributed by atoms with E-state index in [2.05, 4.69) is 0 Å². The van der Waals surface area contributed by atoms with Crippen LogP contribution in [0.15, 0.2) is 84.4 Å². The van der Waals surface area contributed by atoms with E-state index in [4.69, 9.17) is 14.2 Å². The number of rotatable bonds is 10. The summed E-state index contributed by atoms with van der Waals surface area (Å²) in [6.07, 6.45) is 0. The van der Waals surface area contributed by atoms with Crippen molar-refractivity contribution in [1.82, 2.24) is 4.90 Å². The standard InChI is InChI=1S/C29H29NO6/c1-3-35-24-11-7-10-22(18-24)27(31)25-26(30(16-17-34-2)29(33)28(25)32)21-12-14-23(15-13-21)36-19-20-8-5-4-6-9-20/h4-15,18,26,31H,3,16-17,19H2,1-2H3/b27-25+. The number of nitrogens with zero attached hydrogens (tertiary/aromatic N) is 1. The molecule has 0 spiro atoms. The second kappa shape index (κ2) is 11.6. The molecule has 1 heterocycles. The third kappa shape index (κ3) is 5.42. The van der Waals surface area contributed by atoms with E-state index in [9.17, 15) is 14.7 Å². The molecule has 0 saturated carbocycles. The maximum absolute atomic E-state index is 13.1. The molecule has 7 heteroatoms. The topological polar surface area (TPSA) is 85.3 Å². The third-order valence-electron chi connectivity index (χ3n) is 5.94. The molecule has 3 aromatic rings. The summed E-state index contributed by atoms with van der Waals surface area (Å²) in [6.45, 7) is 3.20. The Kier molecular flexibility index (Phi) is 8.02. The van der Waals surface area contributed by atoms with Gasteiger partial charge in [0.1, 0.15) is 23.9 Å². The molecule has 186 valence electrons. The van der Waals surface area contributed by atoms with Crippen molar-refractivity contribution in [3.05, 3.63) is 101 Å². The lowest BCUT2D eigenvalue weighted by molar-refractivity contribution is -0.140. The first-order chi connectivity index (χ1) is 17.5. The number of ketones is 1. The molecule has 1 amide bonds. The Bertz CT molecular complexity index is 1240. The smallest absolute Gasteiger partial charge is 0.295 e. The van der Waals surface area contributed by atoms with Crippen LogP contribution in [0.3, 0.4) is 0 Å². The Labute approximate surface area is 210 Å². The van der Waals surface area contributed by atoms with Crippen LogP contribution in [-0.2, 0) is 20.9 Å². The van der Waals surface area contributed by atoms with E-state index < -0.39 is 17.7 Å². The average Bonchev–Trinajstić information content (AvgIpc) is 3.16. The van der Waals surface area contributed by atoms with Gasteiger partial charge in [-0.25, -0.2) is 0 Å². The fraction of sp³-hybridized carbons (Fsp3) is 0.241. The van der Waals surface area contributed by atoms with E-state index in [-0.39, 0.29) is 24.5 Å². The van der Waals surface area contributed by atoms with Gasteiger partial charge in [0.25, 0.3) is 11.7 Å². The van der Waals surface area contributed by atoms with Crippen molar-refractivity contribution in [1.29, 1.82) is 0 Å². The zero-order valence-electron chi connectivity index (χ0n) is 20.3. The summed E-state index contributed by atoms with van der Waals surface area (Å²) in [4.78, 5) is 27.5. The molecule has 0 radical (unpaired) electrons. The van der Waals surface area contributed by atoms with Crippen LogP contribution in [0, 0.1) is 0 Å². The minimum Gasteiger partial charge on any atom is -0.507 e. The quantitative estimate of drug-likeness (QED) is 0.253. The van der Waals surface area contributed by atoms with Crippen molar-refractivity contribution in [2.45, 2.75) is 19.6 Å². The number of carbonyl (C=O) groups is 2. The van der Waals surface area contributed by atoms with E-state index in [1.54, 1.807) is 48.5 Å². The van der Waals surface area contributed by atoms with Crippen LogP contribution in [-0.4, -0.2) is 48.6 Å². The van der Waals surface area contributed by atoms with Gasteiger partial charge in [-0.3, -0.25) is 9.59 Å². The van der Waals surface area contributed by atoms with E-state index in [0.717, 1.165) is 5.56 Å². The summed E-state index contributed by atoms with van der Waals surface area (Å²) in [5, 5.41) is 11.2. The molecule has 3 aromatic carbocycles. The number of amides is 1. The summed E-state index contributed by atoms with van der Waals surface area (Å²) < 4.78 is 16.6. The molecule has 1 saturated heterocycles. The van der Waals surface area contributed by atoms with Crippen molar-refractivity contribution >= 4 is 17.4 Å². The van der Waals surface area contributed by atoms with Crippen molar-refractivity contribution in [3.8, 4) is 11.5 Å². The lowest BCUT2D eigenvalue weighted by atomic mass is 9.95. The van der Waals surface area contributed by atoms with Gasteiger partial charge in [-0.2, -0.15) is 0 Å². The zero-order chi connectivity index (χ0) is 25.5. The van der Waals surface area contributed by atoms with Crippen molar-refractivity contribution < 1.29 is 28.9 Å². The van der Waals surface area contributed by atoms with E-state index >= 15 is 0 Å². The van der Waals surface area contributed by atoms with Crippen LogP contribution in [0.2, 0.25) is 0 Å². The van der Waals surface area contributed by atoms with Gasteiger partial charge >= 0.3 is 0 Å². The highest BCUT2D eigenvalue weighted by atomic mass is 16.5. The number of hydrogen-bond donors (Lipinski definition) is 1. The van der Waals surface area contributed by atoms with Crippen LogP contribution < -0.4 is 9.47 Å². The maximum atomic E-state index is 13.1. The first-order valence-corrected chi connectivity index (χ1v) is 11.8. The van der Waals surface area contributed by atoms with Gasteiger partial charge in [-0.05, 0) is 42.3 Å². The van der Waals surface area contributed by atoms with Crippen LogP contribution in [0.5, 0.6) is 11.5 Å². The van der Waals surface area contributed by atoms with Gasteiger partial charge in [0.05, 0.1) is 24.8 Å². The molecule has 36 heavy (non-hydrogen) atoms. The second-order valence-corrected chi connectivity index (χ2v) is 8.29. The predicted octanol–water partition coefficient (Wildman–Crippen LogP) is 4.73. The first-order valence-electron chi connectivity index (χ1n) is 11.8. The van der Waals surface area contributed by atoms with Crippen LogP contribution in [0.1, 0.15) is 29.7 Å². The molecule has 0 bridgehead atoms. The van der Waals surface area contributed by atoms with Gasteiger partial charge in [0, 0.05) is 19.2 Å². The fourth-order valence-electron chi connectivity index (χ4n) is 4.19. The minimum atomic E-state index is -0.765. The number of aliphatic hydroxyl groups excluding tert-OH is 1. The number of likely N-dealkylation sites (tertiary alicyclic amines) is 1. The Hall–Kier alpha value is -4.10. The lowest BCUT2D eigenvalue weighted by Gasteiger charge is -2.25. The summed E-state index contributed by atoms with van der Waals surface area (Å²) in [7, 11) is 1.53. The third-order valence-corrected chi connectivity index (χ3v) is 5.94. The SMILES string of the molecule is CCOc1cccc(/C(O)=C2\C(=O)C(=O)N(CCOC)C2c2ccc(OCc3ccccc3)cc2)c1. The Morgan fingerprint density at radius 2 is 1.67 bits per heavy atom. The molecule has 0 aliphatic carbocycles. The lowest BCUT2D eigenvalue weighted by Crippen LogP contribution is -2.32. The van der Waals surface area contributed by atoms with Gasteiger partial charge in [0.2, 0.25) is 0 Å². The van der Waals surface area contributed by atoms with Crippen molar-refractivity contribution in [2.75, 3.05) is 26.9 Å². The van der Waals surface area contributed by atoms with E-state index in [0.29, 0.717) is 35.8 Å². The van der Waals surface area contributed by atoms with Crippen LogP contribution in [0.25, 0.3) is 5.76 Å². The second-order valence-electron chi connectivity index (χ2n) is 8.29. The number of carbonyl (C=O) groups excluding carboxylic acids is 2. The maximum Gasteiger partial charge on any atom is 0.295 e. The summed E-state index contributed by atoms with van der Waals surface area (Å²) >= 11 is 0. The molecule has 7 nitrogen and oxygen atoms in total.